The van der Waals surface area contributed by atoms with E-state index < -0.39 is 78.1 Å². The van der Waals surface area contributed by atoms with E-state index in [1.54, 1.807) is 0 Å². The van der Waals surface area contributed by atoms with Crippen LogP contribution in [0.5, 0.6) is 0 Å². The molecule has 0 aliphatic carbocycles. The number of carboxylic acid groups (broad SMARTS) is 2. The SMILES string of the molecule is CC(=O)N[C@@H](CCC(=O)NC1CS[Se]SC[C@@H](C(=O)NCC(N)=O)NC(=O)CCC(C(=O)O)NC1=O)C(=O)O. The van der Waals surface area contributed by atoms with Crippen molar-refractivity contribution in [3.8, 4) is 0 Å². The normalized spacial score (nSPS) is 21.6. The van der Waals surface area contributed by atoms with E-state index in [2.05, 4.69) is 26.6 Å². The van der Waals surface area contributed by atoms with Gasteiger partial charge in [-0.2, -0.15) is 0 Å². The van der Waals surface area contributed by atoms with E-state index in [0.717, 1.165) is 6.92 Å². The number of carboxylic acids is 2. The molecule has 2 unspecified atom stereocenters. The molecule has 0 bridgehead atoms. The molecule has 0 spiro atoms. The van der Waals surface area contributed by atoms with Gasteiger partial charge in [0.25, 0.3) is 0 Å². The molecule has 1 aliphatic heterocycles. The summed E-state index contributed by atoms with van der Waals surface area (Å²) in [4.78, 5) is 95.2. The predicted octanol–water partition coefficient (Wildman–Crippen LogP) is -3.71. The van der Waals surface area contributed by atoms with E-state index in [1.165, 1.54) is 20.4 Å². The molecule has 9 N–H and O–H groups in total. The van der Waals surface area contributed by atoms with Gasteiger partial charge < -0.3 is 0 Å². The Hall–Kier alpha value is -3.02. The summed E-state index contributed by atoms with van der Waals surface area (Å²) in [6.45, 7) is 0.701. The number of aliphatic carboxylic acids is 2. The first kappa shape index (κ1) is 34.0. The molecule has 1 saturated heterocycles. The average molecular weight is 658 g/mol. The van der Waals surface area contributed by atoms with Crippen LogP contribution >= 0.6 is 20.4 Å². The van der Waals surface area contributed by atoms with Gasteiger partial charge in [0.05, 0.1) is 0 Å². The van der Waals surface area contributed by atoms with Crippen molar-refractivity contribution in [3.63, 3.8) is 0 Å². The molecule has 0 aromatic carbocycles. The number of hydrogen-bond acceptors (Lipinski definition) is 10. The van der Waals surface area contributed by atoms with Crippen LogP contribution in [0.25, 0.3) is 0 Å². The molecule has 0 saturated carbocycles. The first-order valence-electron chi connectivity index (χ1n) is 11.4. The molecule has 1 heterocycles. The number of rotatable bonds is 10. The van der Waals surface area contributed by atoms with Crippen molar-refractivity contribution in [2.45, 2.75) is 56.8 Å². The topological polar surface area (TPSA) is 263 Å². The van der Waals surface area contributed by atoms with Crippen LogP contribution in [0.15, 0.2) is 0 Å². The van der Waals surface area contributed by atoms with Crippen LogP contribution in [0, 0.1) is 0 Å². The Kier molecular flexibility index (Phi) is 15.3. The molecule has 1 rings (SSSR count). The quantitative estimate of drug-likeness (QED) is 0.106. The van der Waals surface area contributed by atoms with Gasteiger partial charge in [0.2, 0.25) is 0 Å². The summed E-state index contributed by atoms with van der Waals surface area (Å²) in [7, 11) is 2.54. The number of hydrogen-bond donors (Lipinski definition) is 8. The van der Waals surface area contributed by atoms with E-state index in [9.17, 15) is 48.6 Å². The summed E-state index contributed by atoms with van der Waals surface area (Å²) in [6, 6.07) is -4.99. The second-order valence-electron chi connectivity index (χ2n) is 8.13. The summed E-state index contributed by atoms with van der Waals surface area (Å²) in [5, 5.41) is 30.4. The summed E-state index contributed by atoms with van der Waals surface area (Å²) in [5.74, 6) is -6.75. The molecule has 218 valence electrons. The maximum absolute atomic E-state index is 12.8. The van der Waals surface area contributed by atoms with Crippen molar-refractivity contribution in [2.75, 3.05) is 18.1 Å². The second kappa shape index (κ2) is 17.5. The van der Waals surface area contributed by atoms with Crippen molar-refractivity contribution >= 4 is 80.5 Å². The second-order valence-corrected chi connectivity index (χ2v) is 15.3. The van der Waals surface area contributed by atoms with Crippen LogP contribution in [0.1, 0.15) is 32.6 Å². The first-order chi connectivity index (χ1) is 18.3. The molecule has 1 aliphatic rings. The fourth-order valence-corrected chi connectivity index (χ4v) is 9.56. The number of amides is 6. The monoisotopic (exact) mass is 658 g/mol. The molecule has 0 aromatic rings. The van der Waals surface area contributed by atoms with Crippen LogP contribution in [-0.2, 0) is 38.4 Å². The molecule has 0 aromatic heterocycles. The third-order valence-corrected chi connectivity index (χ3v) is 12.0. The Bertz CT molecular complexity index is 971. The zero-order chi connectivity index (χ0) is 29.5. The Morgan fingerprint density at radius 3 is 2.33 bits per heavy atom. The van der Waals surface area contributed by atoms with E-state index in [-0.39, 0.29) is 49.9 Å². The van der Waals surface area contributed by atoms with Gasteiger partial charge in [0.15, 0.2) is 0 Å². The molecule has 1 fully saturated rings. The number of primary amides is 1. The minimum atomic E-state index is -1.48. The minimum absolute atomic E-state index is 0.0376. The van der Waals surface area contributed by atoms with Crippen molar-refractivity contribution in [1.29, 1.82) is 0 Å². The van der Waals surface area contributed by atoms with Gasteiger partial charge in [-0.25, -0.2) is 0 Å². The third kappa shape index (κ3) is 14.1. The maximum atomic E-state index is 12.8. The van der Waals surface area contributed by atoms with E-state index >= 15 is 0 Å². The Balaban J connectivity index is 2.93. The fraction of sp³-hybridized carbons (Fsp3) is 0.600. The van der Waals surface area contributed by atoms with Gasteiger partial charge >= 0.3 is 236 Å². The number of carbonyl (C=O) groups is 8. The van der Waals surface area contributed by atoms with Crippen LogP contribution in [0.2, 0.25) is 0 Å². The van der Waals surface area contributed by atoms with Crippen molar-refractivity contribution < 1.29 is 48.6 Å². The summed E-state index contributed by atoms with van der Waals surface area (Å²) < 4.78 is 0. The summed E-state index contributed by atoms with van der Waals surface area (Å²) in [5.41, 5.74) is 5.03. The molecule has 19 heteroatoms. The van der Waals surface area contributed by atoms with E-state index in [0.29, 0.717) is 0 Å². The number of carbonyl (C=O) groups excluding carboxylic acids is 6. The van der Waals surface area contributed by atoms with Gasteiger partial charge in [-0.15, -0.1) is 0 Å². The standard InChI is InChI=1S/C20H30N6O10S2Se/c1-9(27)23-10(19(33)34)2-4-16(30)25-13-8-38-39-37-7-12(17(31)22-6-14(21)28)24-15(29)5-3-11(20(35)36)26-18(13)32/h10-13H,2-8H2,1H3,(H2,21,28)(H,22,31)(H,23,27)(H,24,29)(H,25,30)(H,26,32)(H,33,34)(H,35,36)/t10-,11?,12-,13?/m0/s1. The Labute approximate surface area is 235 Å². The van der Waals surface area contributed by atoms with Crippen LogP contribution in [-0.4, -0.2) is 113 Å². The van der Waals surface area contributed by atoms with Crippen LogP contribution in [0.3, 0.4) is 0 Å². The molecule has 16 nitrogen and oxygen atoms in total. The van der Waals surface area contributed by atoms with Crippen LogP contribution < -0.4 is 32.3 Å². The zero-order valence-electron chi connectivity index (χ0n) is 20.7. The fourth-order valence-electron chi connectivity index (χ4n) is 3.01. The average Bonchev–Trinajstić information content (AvgIpc) is 2.84. The van der Waals surface area contributed by atoms with Crippen LogP contribution in [0.4, 0.5) is 0 Å². The zero-order valence-corrected chi connectivity index (χ0v) is 24.1. The summed E-state index contributed by atoms with van der Waals surface area (Å²) >= 11 is -0.313. The number of nitrogens with one attached hydrogen (secondary N) is 5. The Morgan fingerprint density at radius 2 is 1.74 bits per heavy atom. The van der Waals surface area contributed by atoms with Crippen molar-refractivity contribution in [1.82, 2.24) is 26.6 Å². The molecule has 39 heavy (non-hydrogen) atoms. The van der Waals surface area contributed by atoms with Crippen molar-refractivity contribution in [3.05, 3.63) is 0 Å². The van der Waals surface area contributed by atoms with Gasteiger partial charge in [0.1, 0.15) is 0 Å². The van der Waals surface area contributed by atoms with Gasteiger partial charge in [-0.05, 0) is 0 Å². The van der Waals surface area contributed by atoms with Gasteiger partial charge in [0, 0.05) is 0 Å². The molecular formula is C20H30N6O10S2Se. The molecule has 4 atom stereocenters. The number of nitrogens with two attached hydrogens (primary N) is 1. The van der Waals surface area contributed by atoms with Crippen molar-refractivity contribution in [2.24, 2.45) is 5.73 Å². The third-order valence-electron chi connectivity index (χ3n) is 4.92. The van der Waals surface area contributed by atoms with E-state index in [1.807, 2.05) is 0 Å². The first-order valence-corrected chi connectivity index (χ1v) is 17.4. The summed E-state index contributed by atoms with van der Waals surface area (Å²) in [6.07, 6.45) is -1.24. The molecule has 6 amide bonds. The Morgan fingerprint density at radius 1 is 1.08 bits per heavy atom. The van der Waals surface area contributed by atoms with Gasteiger partial charge in [-0.3, -0.25) is 0 Å². The molecular weight excluding hydrogens is 627 g/mol. The van der Waals surface area contributed by atoms with E-state index in [4.69, 9.17) is 5.73 Å². The predicted molar refractivity (Wildman–Crippen MR) is 140 cm³/mol. The van der Waals surface area contributed by atoms with Gasteiger partial charge in [-0.1, -0.05) is 0 Å². The molecule has 0 radical (unpaired) electrons.